The Balaban J connectivity index is 2.09. The quantitative estimate of drug-likeness (QED) is 0.646. The lowest BCUT2D eigenvalue weighted by molar-refractivity contribution is 0.408. The summed E-state index contributed by atoms with van der Waals surface area (Å²) in [5, 5.41) is 3.59. The van der Waals surface area contributed by atoms with Crippen molar-refractivity contribution in [2.75, 3.05) is 12.4 Å². The predicted octanol–water partition coefficient (Wildman–Crippen LogP) is 4.67. The van der Waals surface area contributed by atoms with E-state index in [0.29, 0.717) is 5.92 Å². The van der Waals surface area contributed by atoms with Gasteiger partial charge in [-0.3, -0.25) is 0 Å². The Morgan fingerprint density at radius 3 is 2.39 bits per heavy atom. The van der Waals surface area contributed by atoms with E-state index in [4.69, 9.17) is 14.7 Å². The molecule has 2 heterocycles. The molecule has 0 fully saturated rings. The van der Waals surface area contributed by atoms with E-state index in [1.165, 1.54) is 0 Å². The minimum Gasteiger partial charge on any atom is -0.496 e. The molecule has 0 aliphatic heterocycles. The zero-order valence-electron chi connectivity index (χ0n) is 17.5. The molecule has 0 saturated heterocycles. The van der Waals surface area contributed by atoms with E-state index in [2.05, 4.69) is 44.1 Å². The van der Waals surface area contributed by atoms with Crippen LogP contribution in [-0.2, 0) is 7.05 Å². The van der Waals surface area contributed by atoms with Gasteiger partial charge in [-0.15, -0.1) is 0 Å². The van der Waals surface area contributed by atoms with Crippen LogP contribution in [0.1, 0.15) is 68.5 Å². The van der Waals surface area contributed by atoms with Crippen molar-refractivity contribution in [3.63, 3.8) is 0 Å². The third kappa shape index (κ3) is 4.16. The number of nitrogens with one attached hydrogen (secondary N) is 1. The van der Waals surface area contributed by atoms with Gasteiger partial charge in [0.25, 0.3) is 0 Å². The maximum atomic E-state index is 5.62. The summed E-state index contributed by atoms with van der Waals surface area (Å²) in [6.07, 6.45) is 3.75. The number of ether oxygens (including phenoxy) is 1. The average Bonchev–Trinajstić information content (AvgIpc) is 3.11. The highest BCUT2D eigenvalue weighted by Crippen LogP contribution is 2.32. The third-order valence-corrected chi connectivity index (χ3v) is 4.73. The number of methoxy groups -OCH3 is 1. The summed E-state index contributed by atoms with van der Waals surface area (Å²) < 4.78 is 7.63. The maximum Gasteiger partial charge on any atom is 0.135 e. The fraction of sp³-hybridized carbons (Fsp3) is 0.409. The first-order valence-electron chi connectivity index (χ1n) is 9.66. The van der Waals surface area contributed by atoms with Gasteiger partial charge in [0, 0.05) is 42.7 Å². The fourth-order valence-electron chi connectivity index (χ4n) is 3.10. The molecule has 0 saturated carbocycles. The van der Waals surface area contributed by atoms with Gasteiger partial charge in [-0.05, 0) is 12.0 Å². The number of hydrogen-bond acceptors (Lipinski definition) is 5. The summed E-state index contributed by atoms with van der Waals surface area (Å²) >= 11 is 0. The van der Waals surface area contributed by atoms with E-state index in [1.54, 1.807) is 13.3 Å². The van der Waals surface area contributed by atoms with Crippen LogP contribution in [0.25, 0.3) is 0 Å². The van der Waals surface area contributed by atoms with E-state index in [-0.39, 0.29) is 12.0 Å². The van der Waals surface area contributed by atoms with Gasteiger partial charge in [-0.1, -0.05) is 45.9 Å². The van der Waals surface area contributed by atoms with E-state index < -0.39 is 0 Å². The molecule has 2 aromatic heterocycles. The van der Waals surface area contributed by atoms with Crippen LogP contribution in [0.15, 0.2) is 42.7 Å². The zero-order valence-corrected chi connectivity index (χ0v) is 17.5. The summed E-state index contributed by atoms with van der Waals surface area (Å²) in [5.41, 5.74) is 2.04. The second-order valence-corrected chi connectivity index (χ2v) is 7.56. The molecular weight excluding hydrogens is 350 g/mol. The van der Waals surface area contributed by atoms with Crippen LogP contribution in [0, 0.1) is 0 Å². The molecule has 1 aromatic carbocycles. The van der Waals surface area contributed by atoms with Crippen molar-refractivity contribution < 1.29 is 4.74 Å². The Morgan fingerprint density at radius 1 is 1.04 bits per heavy atom. The lowest BCUT2D eigenvalue weighted by atomic mass is 10.0. The Labute approximate surface area is 167 Å². The van der Waals surface area contributed by atoms with Crippen LogP contribution in [-0.4, -0.2) is 26.6 Å². The number of aromatic nitrogens is 4. The van der Waals surface area contributed by atoms with Crippen molar-refractivity contribution >= 4 is 5.82 Å². The van der Waals surface area contributed by atoms with Crippen molar-refractivity contribution in [2.24, 2.45) is 7.05 Å². The first-order chi connectivity index (χ1) is 13.4. The van der Waals surface area contributed by atoms with Crippen molar-refractivity contribution in [1.82, 2.24) is 19.5 Å². The molecule has 6 nitrogen and oxygen atoms in total. The molecule has 0 spiro atoms. The number of rotatable bonds is 7. The lowest BCUT2D eigenvalue weighted by Gasteiger charge is -2.23. The normalized spacial score (nSPS) is 12.4. The third-order valence-electron chi connectivity index (χ3n) is 4.73. The standard InChI is InChI=1S/C22H29N5O/c1-14(2)17-13-19(26-21(24-17)15(3)4)25-20(22-23-11-12-27(22)5)16-9-7-8-10-18(16)28-6/h7-15,20H,1-6H3,(H,24,25,26). The Kier molecular flexibility index (Phi) is 5.97. The number of para-hydroxylation sites is 1. The SMILES string of the molecule is COc1ccccc1C(Nc1cc(C(C)C)nc(C(C)C)n1)c1nccn1C. The van der Waals surface area contributed by atoms with Gasteiger partial charge >= 0.3 is 0 Å². The van der Waals surface area contributed by atoms with E-state index in [0.717, 1.165) is 34.5 Å². The van der Waals surface area contributed by atoms with Crippen LogP contribution >= 0.6 is 0 Å². The molecule has 0 amide bonds. The molecule has 3 aromatic rings. The van der Waals surface area contributed by atoms with Gasteiger partial charge in [0.05, 0.1) is 7.11 Å². The average molecular weight is 380 g/mol. The first kappa shape index (κ1) is 19.9. The molecular formula is C22H29N5O. The fourth-order valence-corrected chi connectivity index (χ4v) is 3.10. The number of nitrogens with zero attached hydrogens (tertiary/aromatic N) is 4. The smallest absolute Gasteiger partial charge is 0.135 e. The van der Waals surface area contributed by atoms with Gasteiger partial charge in [-0.25, -0.2) is 15.0 Å². The Morgan fingerprint density at radius 2 is 1.79 bits per heavy atom. The highest BCUT2D eigenvalue weighted by molar-refractivity contribution is 5.47. The summed E-state index contributed by atoms with van der Waals surface area (Å²) in [4.78, 5) is 14.1. The number of imidazole rings is 1. The Bertz CT molecular complexity index is 906. The van der Waals surface area contributed by atoms with E-state index in [1.807, 2.05) is 42.1 Å². The summed E-state index contributed by atoms with van der Waals surface area (Å²) in [5.74, 6) is 3.90. The van der Waals surface area contributed by atoms with Gasteiger partial charge in [-0.2, -0.15) is 0 Å². The highest BCUT2D eigenvalue weighted by Gasteiger charge is 2.23. The number of aryl methyl sites for hydroxylation is 1. The second kappa shape index (κ2) is 8.42. The van der Waals surface area contributed by atoms with Crippen molar-refractivity contribution in [1.29, 1.82) is 0 Å². The molecule has 1 N–H and O–H groups in total. The number of hydrogen-bond donors (Lipinski definition) is 1. The molecule has 148 valence electrons. The minimum atomic E-state index is -0.203. The van der Waals surface area contributed by atoms with Crippen molar-refractivity contribution in [2.45, 2.75) is 45.6 Å². The lowest BCUT2D eigenvalue weighted by Crippen LogP contribution is -2.19. The van der Waals surface area contributed by atoms with Crippen molar-refractivity contribution in [3.05, 3.63) is 65.6 Å². The molecule has 28 heavy (non-hydrogen) atoms. The largest absolute Gasteiger partial charge is 0.496 e. The molecule has 0 bridgehead atoms. The molecule has 0 radical (unpaired) electrons. The van der Waals surface area contributed by atoms with Crippen LogP contribution in [0.4, 0.5) is 5.82 Å². The van der Waals surface area contributed by atoms with Crippen LogP contribution in [0.2, 0.25) is 0 Å². The minimum absolute atomic E-state index is 0.203. The van der Waals surface area contributed by atoms with Crippen molar-refractivity contribution in [3.8, 4) is 5.75 Å². The topological polar surface area (TPSA) is 64.9 Å². The van der Waals surface area contributed by atoms with Gasteiger partial charge in [0.15, 0.2) is 0 Å². The van der Waals surface area contributed by atoms with Gasteiger partial charge in [0.2, 0.25) is 0 Å². The predicted molar refractivity (Wildman–Crippen MR) is 112 cm³/mol. The summed E-state index contributed by atoms with van der Waals surface area (Å²) in [6, 6.07) is 9.82. The molecule has 1 unspecified atom stereocenters. The monoisotopic (exact) mass is 379 g/mol. The zero-order chi connectivity index (χ0) is 20.3. The summed E-state index contributed by atoms with van der Waals surface area (Å²) in [7, 11) is 3.68. The number of benzene rings is 1. The number of anilines is 1. The molecule has 6 heteroatoms. The summed E-state index contributed by atoms with van der Waals surface area (Å²) in [6.45, 7) is 8.51. The first-order valence-corrected chi connectivity index (χ1v) is 9.66. The molecule has 3 rings (SSSR count). The van der Waals surface area contributed by atoms with Crippen LogP contribution in [0.5, 0.6) is 5.75 Å². The van der Waals surface area contributed by atoms with Gasteiger partial charge < -0.3 is 14.6 Å². The van der Waals surface area contributed by atoms with Crippen LogP contribution < -0.4 is 10.1 Å². The van der Waals surface area contributed by atoms with E-state index >= 15 is 0 Å². The van der Waals surface area contributed by atoms with E-state index in [9.17, 15) is 0 Å². The van der Waals surface area contributed by atoms with Crippen LogP contribution in [0.3, 0.4) is 0 Å². The second-order valence-electron chi connectivity index (χ2n) is 7.56. The highest BCUT2D eigenvalue weighted by atomic mass is 16.5. The molecule has 1 atom stereocenters. The maximum absolute atomic E-state index is 5.62. The molecule has 0 aliphatic carbocycles. The van der Waals surface area contributed by atoms with Gasteiger partial charge in [0.1, 0.15) is 29.3 Å². The molecule has 0 aliphatic rings. The Hall–Kier alpha value is -2.89.